The number of fused-ring (bicyclic) bond motifs is 3. The lowest BCUT2D eigenvalue weighted by molar-refractivity contribution is -0.140. The van der Waals surface area contributed by atoms with Crippen molar-refractivity contribution >= 4 is 16.9 Å². The molecule has 0 saturated heterocycles. The highest BCUT2D eigenvalue weighted by Crippen LogP contribution is 2.36. The molecular weight excluding hydrogens is 383 g/mol. The van der Waals surface area contributed by atoms with Gasteiger partial charge >= 0.3 is 5.97 Å². The van der Waals surface area contributed by atoms with E-state index in [1.807, 2.05) is 41.8 Å². The highest BCUT2D eigenvalue weighted by Gasteiger charge is 2.30. The van der Waals surface area contributed by atoms with Crippen molar-refractivity contribution in [1.82, 2.24) is 9.88 Å². The molecule has 0 saturated carbocycles. The van der Waals surface area contributed by atoms with Gasteiger partial charge in [0, 0.05) is 29.2 Å². The first-order valence-electron chi connectivity index (χ1n) is 10.5. The molecule has 1 aliphatic rings. The zero-order valence-electron chi connectivity index (χ0n) is 17.1. The third-order valence-electron chi connectivity index (χ3n) is 5.89. The number of hydrogen-bond donors (Lipinski definition) is 2. The molecule has 5 nitrogen and oxygen atoms in total. The predicted molar refractivity (Wildman–Crippen MR) is 115 cm³/mol. The molecule has 30 heavy (non-hydrogen) atoms. The molecule has 0 fully saturated rings. The average Bonchev–Trinajstić information content (AvgIpc) is 3.05. The number of nitrogens with one attached hydrogen (secondary N) is 1. The van der Waals surface area contributed by atoms with Crippen LogP contribution in [0.1, 0.15) is 37.1 Å². The van der Waals surface area contributed by atoms with E-state index < -0.39 is 12.0 Å². The standard InChI is InChI=1S/C24H27FN2O3/c1-2-21(24(28)29)27-22-10-8-16(25)14-19(22)20-15-17(9-11-23(20)27)26-12-13-30-18-6-4-3-5-7-18/h3-8,10,14,17,21,26H,2,9,11-13,15H2,1H3,(H,28,29)/t17-,21?/m0/s1. The van der Waals surface area contributed by atoms with E-state index in [2.05, 4.69) is 5.32 Å². The first-order valence-corrected chi connectivity index (χ1v) is 10.5. The zero-order valence-corrected chi connectivity index (χ0v) is 17.1. The van der Waals surface area contributed by atoms with Crippen LogP contribution in [-0.4, -0.2) is 34.8 Å². The molecule has 0 bridgehead atoms. The Morgan fingerprint density at radius 1 is 1.30 bits per heavy atom. The number of aromatic nitrogens is 1. The van der Waals surface area contributed by atoms with Gasteiger partial charge in [-0.05, 0) is 61.6 Å². The third-order valence-corrected chi connectivity index (χ3v) is 5.89. The first-order chi connectivity index (χ1) is 14.6. The van der Waals surface area contributed by atoms with Gasteiger partial charge in [0.2, 0.25) is 0 Å². The normalized spacial score (nSPS) is 16.9. The van der Waals surface area contributed by atoms with Crippen molar-refractivity contribution in [2.45, 2.75) is 44.7 Å². The summed E-state index contributed by atoms with van der Waals surface area (Å²) in [4.78, 5) is 11.9. The fraction of sp³-hybridized carbons (Fsp3) is 0.375. The molecule has 0 radical (unpaired) electrons. The van der Waals surface area contributed by atoms with Crippen LogP contribution in [0.4, 0.5) is 4.39 Å². The quantitative estimate of drug-likeness (QED) is 0.542. The van der Waals surface area contributed by atoms with Crippen molar-refractivity contribution in [3.8, 4) is 5.75 Å². The molecule has 0 aliphatic heterocycles. The minimum Gasteiger partial charge on any atom is -0.492 e. The Morgan fingerprint density at radius 2 is 2.10 bits per heavy atom. The first kappa shape index (κ1) is 20.4. The third kappa shape index (κ3) is 4.05. The van der Waals surface area contributed by atoms with E-state index in [-0.39, 0.29) is 11.9 Å². The van der Waals surface area contributed by atoms with Gasteiger partial charge in [0.15, 0.2) is 0 Å². The average molecular weight is 410 g/mol. The summed E-state index contributed by atoms with van der Waals surface area (Å²) in [6.45, 7) is 3.16. The molecule has 1 aromatic heterocycles. The number of nitrogens with zero attached hydrogens (tertiary/aromatic N) is 1. The van der Waals surface area contributed by atoms with E-state index >= 15 is 0 Å². The number of halogens is 1. The Hall–Kier alpha value is -2.86. The van der Waals surface area contributed by atoms with Crippen LogP contribution in [0.25, 0.3) is 10.9 Å². The molecule has 1 unspecified atom stereocenters. The van der Waals surface area contributed by atoms with E-state index in [0.717, 1.165) is 47.2 Å². The summed E-state index contributed by atoms with van der Waals surface area (Å²) in [5.74, 6) is -0.292. The van der Waals surface area contributed by atoms with Crippen molar-refractivity contribution in [1.29, 1.82) is 0 Å². The number of carbonyl (C=O) groups is 1. The summed E-state index contributed by atoms with van der Waals surface area (Å²) in [5.41, 5.74) is 2.91. The largest absolute Gasteiger partial charge is 0.492 e. The lowest BCUT2D eigenvalue weighted by Gasteiger charge is -2.26. The fourth-order valence-corrected chi connectivity index (χ4v) is 4.51. The second-order valence-corrected chi connectivity index (χ2v) is 7.77. The maximum atomic E-state index is 14.0. The van der Waals surface area contributed by atoms with E-state index in [0.29, 0.717) is 19.6 Å². The van der Waals surface area contributed by atoms with Crippen molar-refractivity contribution in [3.05, 3.63) is 65.6 Å². The van der Waals surface area contributed by atoms with Crippen LogP contribution in [0.15, 0.2) is 48.5 Å². The predicted octanol–water partition coefficient (Wildman–Crippen LogP) is 4.34. The number of ether oxygens (including phenoxy) is 1. The van der Waals surface area contributed by atoms with Gasteiger partial charge < -0.3 is 19.7 Å². The summed E-state index contributed by atoms with van der Waals surface area (Å²) in [7, 11) is 0. The van der Waals surface area contributed by atoms with E-state index in [1.54, 1.807) is 12.1 Å². The number of carboxylic acids is 1. The number of para-hydroxylation sites is 1. The van der Waals surface area contributed by atoms with Crippen molar-refractivity contribution in [2.24, 2.45) is 0 Å². The summed E-state index contributed by atoms with van der Waals surface area (Å²) in [6, 6.07) is 14.0. The second-order valence-electron chi connectivity index (χ2n) is 7.77. The van der Waals surface area contributed by atoms with Crippen molar-refractivity contribution in [2.75, 3.05) is 13.2 Å². The number of benzene rings is 2. The van der Waals surface area contributed by atoms with Crippen LogP contribution in [0, 0.1) is 5.82 Å². The molecule has 158 valence electrons. The summed E-state index contributed by atoms with van der Waals surface area (Å²) in [5, 5.41) is 14.1. The smallest absolute Gasteiger partial charge is 0.326 e. The van der Waals surface area contributed by atoms with Crippen molar-refractivity contribution in [3.63, 3.8) is 0 Å². The van der Waals surface area contributed by atoms with Crippen LogP contribution in [0.3, 0.4) is 0 Å². The molecule has 4 rings (SSSR count). The molecular formula is C24H27FN2O3. The van der Waals surface area contributed by atoms with Crippen LogP contribution in [0.5, 0.6) is 5.75 Å². The lowest BCUT2D eigenvalue weighted by Crippen LogP contribution is -2.37. The number of rotatable bonds is 8. The maximum absolute atomic E-state index is 14.0. The van der Waals surface area contributed by atoms with Gasteiger partial charge in [0.05, 0.1) is 0 Å². The molecule has 2 aromatic carbocycles. The van der Waals surface area contributed by atoms with E-state index in [4.69, 9.17) is 4.74 Å². The van der Waals surface area contributed by atoms with Gasteiger partial charge in [0.25, 0.3) is 0 Å². The summed E-state index contributed by atoms with van der Waals surface area (Å²) in [6.07, 6.45) is 2.92. The Balaban J connectivity index is 1.52. The Bertz CT molecular complexity index is 1030. The Morgan fingerprint density at radius 3 is 2.83 bits per heavy atom. The number of carboxylic acid groups (broad SMARTS) is 1. The second kappa shape index (κ2) is 8.88. The molecule has 0 spiro atoms. The highest BCUT2D eigenvalue weighted by molar-refractivity contribution is 5.88. The number of hydrogen-bond acceptors (Lipinski definition) is 3. The molecule has 1 aliphatic carbocycles. The van der Waals surface area contributed by atoms with E-state index in [1.165, 1.54) is 6.07 Å². The molecule has 1 heterocycles. The van der Waals surface area contributed by atoms with Crippen LogP contribution in [-0.2, 0) is 17.6 Å². The number of aliphatic carboxylic acids is 1. The summed E-state index contributed by atoms with van der Waals surface area (Å²) < 4.78 is 21.7. The topological polar surface area (TPSA) is 63.5 Å². The minimum absolute atomic E-state index is 0.254. The molecule has 6 heteroatoms. The maximum Gasteiger partial charge on any atom is 0.326 e. The van der Waals surface area contributed by atoms with E-state index in [9.17, 15) is 14.3 Å². The zero-order chi connectivity index (χ0) is 21.1. The monoisotopic (exact) mass is 410 g/mol. The molecule has 3 aromatic rings. The van der Waals surface area contributed by atoms with Crippen LogP contribution in [0.2, 0.25) is 0 Å². The van der Waals surface area contributed by atoms with Gasteiger partial charge in [-0.2, -0.15) is 0 Å². The highest BCUT2D eigenvalue weighted by atomic mass is 19.1. The van der Waals surface area contributed by atoms with Gasteiger partial charge in [-0.25, -0.2) is 9.18 Å². The molecule has 0 amide bonds. The Labute approximate surface area is 175 Å². The SMILES string of the molecule is CCC(C(=O)O)n1c2c(c3cc(F)ccc31)C[C@@H](NCCOc1ccccc1)CC2. The minimum atomic E-state index is -0.847. The van der Waals surface area contributed by atoms with Gasteiger partial charge in [-0.3, -0.25) is 0 Å². The van der Waals surface area contributed by atoms with Gasteiger partial charge in [0.1, 0.15) is 24.2 Å². The fourth-order valence-electron chi connectivity index (χ4n) is 4.51. The van der Waals surface area contributed by atoms with Crippen molar-refractivity contribution < 1.29 is 19.0 Å². The van der Waals surface area contributed by atoms with Gasteiger partial charge in [-0.15, -0.1) is 0 Å². The molecule has 2 atom stereocenters. The Kier molecular flexibility index (Phi) is 6.04. The van der Waals surface area contributed by atoms with Gasteiger partial charge in [-0.1, -0.05) is 25.1 Å². The molecule has 2 N–H and O–H groups in total. The lowest BCUT2D eigenvalue weighted by atomic mass is 9.91. The summed E-state index contributed by atoms with van der Waals surface area (Å²) >= 11 is 0. The van der Waals surface area contributed by atoms with Crippen LogP contribution < -0.4 is 10.1 Å². The van der Waals surface area contributed by atoms with Crippen LogP contribution >= 0.6 is 0 Å².